The van der Waals surface area contributed by atoms with Crippen molar-refractivity contribution < 1.29 is 26.7 Å². The summed E-state index contributed by atoms with van der Waals surface area (Å²) in [6, 6.07) is 3.36. The van der Waals surface area contributed by atoms with Crippen LogP contribution < -0.4 is 5.32 Å². The Morgan fingerprint density at radius 2 is 1.93 bits per heavy atom. The second-order valence-electron chi connectivity index (χ2n) is 6.17. The Labute approximate surface area is 171 Å². The Hall–Kier alpha value is -3.02. The summed E-state index contributed by atoms with van der Waals surface area (Å²) in [7, 11) is 0. The average molecular weight is 449 g/mol. The van der Waals surface area contributed by atoms with Crippen molar-refractivity contribution in [3.05, 3.63) is 58.4 Å². The fourth-order valence-electron chi connectivity index (χ4n) is 2.61. The van der Waals surface area contributed by atoms with E-state index in [2.05, 4.69) is 20.5 Å². The van der Waals surface area contributed by atoms with Crippen LogP contribution in [0.4, 0.5) is 27.9 Å². The predicted molar refractivity (Wildman–Crippen MR) is 96.0 cm³/mol. The molecule has 3 aromatic rings. The molecular weight excluding hydrogens is 435 g/mol. The molecule has 1 aromatic carbocycles. The van der Waals surface area contributed by atoms with Gasteiger partial charge in [-0.15, -0.1) is 5.10 Å². The van der Waals surface area contributed by atoms with Gasteiger partial charge in [0.25, 0.3) is 18.8 Å². The SMILES string of the molecule is CC(C(=O)Nc1ncn(Cc2c(F)cccc2Cl)n1)n1nc(C(F)F)cc1C(F)F. The van der Waals surface area contributed by atoms with Crippen molar-refractivity contribution >= 4 is 23.5 Å². The van der Waals surface area contributed by atoms with Gasteiger partial charge in [-0.1, -0.05) is 17.7 Å². The zero-order chi connectivity index (χ0) is 22.0. The highest BCUT2D eigenvalue weighted by atomic mass is 35.5. The molecule has 0 aliphatic heterocycles. The molecule has 0 spiro atoms. The Kier molecular flexibility index (Phi) is 6.34. The molecule has 2 aromatic heterocycles. The third kappa shape index (κ3) is 4.58. The van der Waals surface area contributed by atoms with Crippen LogP contribution in [0.1, 0.15) is 42.8 Å². The number of rotatable bonds is 7. The Balaban J connectivity index is 1.74. The maximum absolute atomic E-state index is 13.9. The van der Waals surface area contributed by atoms with Crippen LogP contribution in [-0.2, 0) is 11.3 Å². The molecule has 160 valence electrons. The van der Waals surface area contributed by atoms with Crippen molar-refractivity contribution in [2.45, 2.75) is 32.4 Å². The van der Waals surface area contributed by atoms with Gasteiger partial charge in [-0.2, -0.15) is 5.10 Å². The van der Waals surface area contributed by atoms with Crippen LogP contribution in [0.5, 0.6) is 0 Å². The van der Waals surface area contributed by atoms with E-state index >= 15 is 0 Å². The molecule has 7 nitrogen and oxygen atoms in total. The molecule has 3 rings (SSSR count). The number of alkyl halides is 4. The zero-order valence-corrected chi connectivity index (χ0v) is 16.0. The summed E-state index contributed by atoms with van der Waals surface area (Å²) in [6.45, 7) is 1.13. The van der Waals surface area contributed by atoms with E-state index < -0.39 is 42.0 Å². The Bertz CT molecular complexity index is 1030. The zero-order valence-electron chi connectivity index (χ0n) is 15.2. The molecule has 0 saturated carbocycles. The van der Waals surface area contributed by atoms with Gasteiger partial charge < -0.3 is 0 Å². The molecule has 0 fully saturated rings. The molecular formula is C17H14ClF5N6O. The minimum absolute atomic E-state index is 0.0730. The quantitative estimate of drug-likeness (QED) is 0.544. The van der Waals surface area contributed by atoms with Crippen molar-refractivity contribution in [3.8, 4) is 0 Å². The lowest BCUT2D eigenvalue weighted by Crippen LogP contribution is -2.26. The lowest BCUT2D eigenvalue weighted by Gasteiger charge is -2.14. The highest BCUT2D eigenvalue weighted by Gasteiger charge is 2.27. The second kappa shape index (κ2) is 8.78. The van der Waals surface area contributed by atoms with Gasteiger partial charge in [-0.05, 0) is 25.1 Å². The van der Waals surface area contributed by atoms with E-state index in [4.69, 9.17) is 11.6 Å². The van der Waals surface area contributed by atoms with Gasteiger partial charge in [0.15, 0.2) is 0 Å². The molecule has 1 N–H and O–H groups in total. The largest absolute Gasteiger partial charge is 0.291 e. The van der Waals surface area contributed by atoms with Crippen LogP contribution in [-0.4, -0.2) is 30.5 Å². The van der Waals surface area contributed by atoms with Crippen LogP contribution in [0.2, 0.25) is 5.02 Å². The molecule has 2 heterocycles. The number of hydrogen-bond donors (Lipinski definition) is 1. The predicted octanol–water partition coefficient (Wildman–Crippen LogP) is 4.39. The van der Waals surface area contributed by atoms with Gasteiger partial charge >= 0.3 is 0 Å². The lowest BCUT2D eigenvalue weighted by atomic mass is 10.2. The van der Waals surface area contributed by atoms with Gasteiger partial charge in [0.2, 0.25) is 5.95 Å². The van der Waals surface area contributed by atoms with E-state index in [0.29, 0.717) is 10.7 Å². The fourth-order valence-corrected chi connectivity index (χ4v) is 2.83. The summed E-state index contributed by atoms with van der Waals surface area (Å²) < 4.78 is 67.4. The van der Waals surface area contributed by atoms with Crippen molar-refractivity contribution in [3.63, 3.8) is 0 Å². The summed E-state index contributed by atoms with van der Waals surface area (Å²) >= 11 is 5.95. The summed E-state index contributed by atoms with van der Waals surface area (Å²) in [6.07, 6.45) is -4.97. The molecule has 0 bridgehead atoms. The first-order valence-electron chi connectivity index (χ1n) is 8.46. The lowest BCUT2D eigenvalue weighted by molar-refractivity contribution is -0.119. The molecule has 0 radical (unpaired) electrons. The third-order valence-corrected chi connectivity index (χ3v) is 4.48. The number of aromatic nitrogens is 5. The van der Waals surface area contributed by atoms with Gasteiger partial charge in [0, 0.05) is 10.6 Å². The van der Waals surface area contributed by atoms with Crippen molar-refractivity contribution in [1.29, 1.82) is 0 Å². The molecule has 1 atom stereocenters. The van der Waals surface area contributed by atoms with E-state index in [1.807, 2.05) is 0 Å². The van der Waals surface area contributed by atoms with Crippen LogP contribution in [0.3, 0.4) is 0 Å². The Morgan fingerprint density at radius 3 is 2.57 bits per heavy atom. The number of anilines is 1. The topological polar surface area (TPSA) is 77.6 Å². The second-order valence-corrected chi connectivity index (χ2v) is 6.58. The fraction of sp³-hybridized carbons (Fsp3) is 0.294. The molecule has 1 amide bonds. The first-order valence-corrected chi connectivity index (χ1v) is 8.84. The normalized spacial score (nSPS) is 12.6. The van der Waals surface area contributed by atoms with Crippen molar-refractivity contribution in [2.75, 3.05) is 5.32 Å². The molecule has 0 aliphatic carbocycles. The summed E-state index contributed by atoms with van der Waals surface area (Å²) in [5, 5.41) is 9.80. The van der Waals surface area contributed by atoms with E-state index in [0.717, 1.165) is 0 Å². The summed E-state index contributed by atoms with van der Waals surface area (Å²) in [5.74, 6) is -1.60. The van der Waals surface area contributed by atoms with Crippen LogP contribution >= 0.6 is 11.6 Å². The highest BCUT2D eigenvalue weighted by Crippen LogP contribution is 2.27. The van der Waals surface area contributed by atoms with Gasteiger partial charge in [0.1, 0.15) is 29.6 Å². The maximum Gasteiger partial charge on any atom is 0.282 e. The summed E-state index contributed by atoms with van der Waals surface area (Å²) in [4.78, 5) is 16.2. The number of nitrogens with zero attached hydrogens (tertiary/aromatic N) is 5. The molecule has 30 heavy (non-hydrogen) atoms. The van der Waals surface area contributed by atoms with Crippen molar-refractivity contribution in [1.82, 2.24) is 24.5 Å². The number of carbonyl (C=O) groups excluding carboxylic acids is 1. The number of carbonyl (C=O) groups is 1. The van der Waals surface area contributed by atoms with E-state index in [1.165, 1.54) is 36.1 Å². The first kappa shape index (κ1) is 21.7. The van der Waals surface area contributed by atoms with Crippen LogP contribution in [0.25, 0.3) is 0 Å². The van der Waals surface area contributed by atoms with Gasteiger partial charge in [-0.25, -0.2) is 31.6 Å². The van der Waals surface area contributed by atoms with E-state index in [1.54, 1.807) is 0 Å². The Morgan fingerprint density at radius 1 is 1.20 bits per heavy atom. The van der Waals surface area contributed by atoms with E-state index in [-0.39, 0.29) is 23.1 Å². The third-order valence-electron chi connectivity index (χ3n) is 4.13. The molecule has 0 saturated heterocycles. The number of benzene rings is 1. The van der Waals surface area contributed by atoms with E-state index in [9.17, 15) is 26.7 Å². The van der Waals surface area contributed by atoms with Gasteiger partial charge in [-0.3, -0.25) is 14.8 Å². The minimum atomic E-state index is -3.11. The maximum atomic E-state index is 13.9. The summed E-state index contributed by atoms with van der Waals surface area (Å²) in [5.41, 5.74) is -1.53. The van der Waals surface area contributed by atoms with Gasteiger partial charge in [0.05, 0.1) is 6.54 Å². The average Bonchev–Trinajstić information content (AvgIpc) is 3.31. The molecule has 1 unspecified atom stereocenters. The number of hydrogen-bond acceptors (Lipinski definition) is 4. The number of nitrogens with one attached hydrogen (secondary N) is 1. The molecule has 0 aliphatic rings. The first-order chi connectivity index (χ1) is 14.2. The van der Waals surface area contributed by atoms with Crippen LogP contribution in [0, 0.1) is 5.82 Å². The molecule has 13 heteroatoms. The van der Waals surface area contributed by atoms with Crippen LogP contribution in [0.15, 0.2) is 30.6 Å². The standard InChI is InChI=1S/C17H14ClF5N6O/c1-8(29-13(15(22)23)5-12(26-29)14(20)21)16(30)25-17-24-7-28(27-17)6-9-10(18)3-2-4-11(9)19/h2-5,7-8,14-15H,6H2,1H3,(H,25,27,30). The highest BCUT2D eigenvalue weighted by molar-refractivity contribution is 6.31. The smallest absolute Gasteiger partial charge is 0.282 e. The monoisotopic (exact) mass is 448 g/mol. The van der Waals surface area contributed by atoms with Crippen molar-refractivity contribution in [2.24, 2.45) is 0 Å². The number of amides is 1. The minimum Gasteiger partial charge on any atom is -0.291 e. The number of halogens is 6.